The molecule has 86 valence electrons. The summed E-state index contributed by atoms with van der Waals surface area (Å²) in [5.74, 6) is -0.715. The van der Waals surface area contributed by atoms with Gasteiger partial charge in [0.15, 0.2) is 0 Å². The first-order valence-corrected chi connectivity index (χ1v) is 4.71. The highest BCUT2D eigenvalue weighted by atomic mass is 19.1. The summed E-state index contributed by atoms with van der Waals surface area (Å²) >= 11 is 0. The number of nitro groups is 1. The smallest absolute Gasteiger partial charge is 0.280 e. The average molecular weight is 234 g/mol. The summed E-state index contributed by atoms with van der Waals surface area (Å²) in [4.78, 5) is 24.0. The SMILES string of the molecule is O=c1[nH]cccc1-c1ccc(F)cc1[N+](=O)[O-]. The molecule has 1 N–H and O–H groups in total. The summed E-state index contributed by atoms with van der Waals surface area (Å²) in [7, 11) is 0. The number of hydrogen-bond donors (Lipinski definition) is 1. The number of hydrogen-bond acceptors (Lipinski definition) is 3. The molecule has 17 heavy (non-hydrogen) atoms. The molecule has 0 saturated carbocycles. The van der Waals surface area contributed by atoms with E-state index in [4.69, 9.17) is 0 Å². The summed E-state index contributed by atoms with van der Waals surface area (Å²) in [6.07, 6.45) is 1.42. The van der Waals surface area contributed by atoms with Gasteiger partial charge in [-0.15, -0.1) is 0 Å². The fourth-order valence-corrected chi connectivity index (χ4v) is 1.52. The molecule has 0 unspecified atom stereocenters. The van der Waals surface area contributed by atoms with Gasteiger partial charge >= 0.3 is 0 Å². The molecule has 0 aliphatic rings. The van der Waals surface area contributed by atoms with Crippen molar-refractivity contribution in [2.45, 2.75) is 0 Å². The predicted octanol–water partition coefficient (Wildman–Crippen LogP) is 2.09. The average Bonchev–Trinajstić information content (AvgIpc) is 2.30. The molecule has 0 aliphatic heterocycles. The van der Waals surface area contributed by atoms with Gasteiger partial charge in [-0.05, 0) is 24.3 Å². The van der Waals surface area contributed by atoms with Crippen LogP contribution >= 0.6 is 0 Å². The number of aromatic nitrogens is 1. The van der Waals surface area contributed by atoms with Gasteiger partial charge in [-0.2, -0.15) is 0 Å². The number of nitro benzene ring substituents is 1. The Morgan fingerprint density at radius 1 is 1.24 bits per heavy atom. The van der Waals surface area contributed by atoms with E-state index in [1.165, 1.54) is 18.3 Å². The van der Waals surface area contributed by atoms with E-state index >= 15 is 0 Å². The molecular weight excluding hydrogens is 227 g/mol. The van der Waals surface area contributed by atoms with Crippen LogP contribution in [0.3, 0.4) is 0 Å². The van der Waals surface area contributed by atoms with Crippen LogP contribution < -0.4 is 5.56 Å². The van der Waals surface area contributed by atoms with E-state index in [0.717, 1.165) is 12.1 Å². The minimum absolute atomic E-state index is 0.0956. The van der Waals surface area contributed by atoms with Gasteiger partial charge in [-0.3, -0.25) is 14.9 Å². The zero-order valence-electron chi connectivity index (χ0n) is 8.51. The Balaban J connectivity index is 2.72. The minimum atomic E-state index is -0.717. The van der Waals surface area contributed by atoms with Gasteiger partial charge in [0.1, 0.15) is 5.82 Å². The summed E-state index contributed by atoms with van der Waals surface area (Å²) in [6.45, 7) is 0. The van der Waals surface area contributed by atoms with Crippen molar-refractivity contribution in [1.29, 1.82) is 0 Å². The maximum absolute atomic E-state index is 12.9. The maximum Gasteiger partial charge on any atom is 0.280 e. The Kier molecular flexibility index (Phi) is 2.70. The standard InChI is InChI=1S/C11H7FN2O3/c12-7-3-4-8(10(6-7)14(16)17)9-2-1-5-13-11(9)15/h1-6H,(H,13,15). The Hall–Kier alpha value is -2.50. The highest BCUT2D eigenvalue weighted by molar-refractivity contribution is 5.72. The van der Waals surface area contributed by atoms with Gasteiger partial charge in [-0.1, -0.05) is 0 Å². The van der Waals surface area contributed by atoms with Crippen LogP contribution in [0.1, 0.15) is 0 Å². The molecule has 0 aliphatic carbocycles. The molecule has 0 fully saturated rings. The second-order valence-corrected chi connectivity index (χ2v) is 3.33. The van der Waals surface area contributed by atoms with Crippen LogP contribution in [-0.4, -0.2) is 9.91 Å². The van der Waals surface area contributed by atoms with Gasteiger partial charge in [0, 0.05) is 6.20 Å². The van der Waals surface area contributed by atoms with Crippen LogP contribution in [-0.2, 0) is 0 Å². The maximum atomic E-state index is 12.9. The summed E-state index contributed by atoms with van der Waals surface area (Å²) in [5.41, 5.74) is -0.652. The monoisotopic (exact) mass is 234 g/mol. The van der Waals surface area contributed by atoms with Gasteiger partial charge < -0.3 is 4.98 Å². The third kappa shape index (κ3) is 2.05. The van der Waals surface area contributed by atoms with Crippen molar-refractivity contribution in [3.8, 4) is 11.1 Å². The Bertz CT molecular complexity index is 637. The molecule has 2 aromatic rings. The van der Waals surface area contributed by atoms with Crippen molar-refractivity contribution in [3.63, 3.8) is 0 Å². The lowest BCUT2D eigenvalue weighted by molar-refractivity contribution is -0.384. The topological polar surface area (TPSA) is 76.0 Å². The molecule has 0 amide bonds. The number of nitrogens with one attached hydrogen (secondary N) is 1. The number of halogens is 1. The van der Waals surface area contributed by atoms with E-state index in [-0.39, 0.29) is 11.1 Å². The van der Waals surface area contributed by atoms with Gasteiger partial charge in [-0.25, -0.2) is 4.39 Å². The fraction of sp³-hybridized carbons (Fsp3) is 0. The Labute approximate surface area is 94.7 Å². The molecular formula is C11H7FN2O3. The second-order valence-electron chi connectivity index (χ2n) is 3.33. The molecule has 0 spiro atoms. The van der Waals surface area contributed by atoms with Crippen molar-refractivity contribution < 1.29 is 9.31 Å². The lowest BCUT2D eigenvalue weighted by atomic mass is 10.1. The van der Waals surface area contributed by atoms with Crippen LogP contribution in [0.25, 0.3) is 11.1 Å². The molecule has 0 bridgehead atoms. The van der Waals surface area contributed by atoms with Crippen molar-refractivity contribution >= 4 is 5.69 Å². The lowest BCUT2D eigenvalue weighted by Gasteiger charge is -2.01. The molecule has 6 heteroatoms. The summed E-state index contributed by atoms with van der Waals surface area (Å²) in [5, 5.41) is 10.8. The largest absolute Gasteiger partial charge is 0.329 e. The van der Waals surface area contributed by atoms with Crippen LogP contribution in [0.15, 0.2) is 41.3 Å². The quantitative estimate of drug-likeness (QED) is 0.638. The number of H-pyrrole nitrogens is 1. The van der Waals surface area contributed by atoms with Gasteiger partial charge in [0.05, 0.1) is 22.1 Å². The molecule has 0 radical (unpaired) electrons. The fourth-order valence-electron chi connectivity index (χ4n) is 1.52. The first kappa shape index (κ1) is 11.0. The van der Waals surface area contributed by atoms with E-state index < -0.39 is 22.0 Å². The normalized spacial score (nSPS) is 10.2. The highest BCUT2D eigenvalue weighted by Gasteiger charge is 2.18. The van der Waals surface area contributed by atoms with E-state index in [1.807, 2.05) is 0 Å². The van der Waals surface area contributed by atoms with Crippen LogP contribution in [0.4, 0.5) is 10.1 Å². The zero-order chi connectivity index (χ0) is 12.4. The Morgan fingerprint density at radius 2 is 2.00 bits per heavy atom. The van der Waals surface area contributed by atoms with Gasteiger partial charge in [0.2, 0.25) is 0 Å². The van der Waals surface area contributed by atoms with Crippen molar-refractivity contribution in [2.75, 3.05) is 0 Å². The van der Waals surface area contributed by atoms with Crippen molar-refractivity contribution in [3.05, 3.63) is 62.8 Å². The molecule has 0 saturated heterocycles. The first-order chi connectivity index (χ1) is 8.09. The number of rotatable bonds is 2. The van der Waals surface area contributed by atoms with E-state index in [9.17, 15) is 19.3 Å². The van der Waals surface area contributed by atoms with E-state index in [2.05, 4.69) is 4.98 Å². The molecule has 1 heterocycles. The van der Waals surface area contributed by atoms with Crippen molar-refractivity contribution in [1.82, 2.24) is 4.98 Å². The third-order valence-corrected chi connectivity index (χ3v) is 2.26. The van der Waals surface area contributed by atoms with Crippen LogP contribution in [0.2, 0.25) is 0 Å². The molecule has 2 rings (SSSR count). The number of aromatic amines is 1. The number of nitrogens with zero attached hydrogens (tertiary/aromatic N) is 1. The second kappa shape index (κ2) is 4.17. The summed E-state index contributed by atoms with van der Waals surface area (Å²) < 4.78 is 12.9. The summed E-state index contributed by atoms with van der Waals surface area (Å²) in [6, 6.07) is 6.08. The Morgan fingerprint density at radius 3 is 2.65 bits per heavy atom. The van der Waals surface area contributed by atoms with E-state index in [0.29, 0.717) is 0 Å². The molecule has 0 atom stereocenters. The zero-order valence-corrected chi connectivity index (χ0v) is 8.51. The van der Waals surface area contributed by atoms with Crippen LogP contribution in [0.5, 0.6) is 0 Å². The molecule has 5 nitrogen and oxygen atoms in total. The number of benzene rings is 1. The van der Waals surface area contributed by atoms with Crippen LogP contribution in [0, 0.1) is 15.9 Å². The lowest BCUT2D eigenvalue weighted by Crippen LogP contribution is -2.08. The predicted molar refractivity (Wildman–Crippen MR) is 59.1 cm³/mol. The number of pyridine rings is 1. The first-order valence-electron chi connectivity index (χ1n) is 4.71. The minimum Gasteiger partial charge on any atom is -0.329 e. The molecule has 1 aromatic carbocycles. The third-order valence-electron chi connectivity index (χ3n) is 2.26. The van der Waals surface area contributed by atoms with Crippen molar-refractivity contribution in [2.24, 2.45) is 0 Å². The van der Waals surface area contributed by atoms with E-state index in [1.54, 1.807) is 6.07 Å². The highest BCUT2D eigenvalue weighted by Crippen LogP contribution is 2.27. The van der Waals surface area contributed by atoms with Gasteiger partial charge in [0.25, 0.3) is 11.2 Å². The molecule has 1 aromatic heterocycles.